The first-order chi connectivity index (χ1) is 11.7. The van der Waals surface area contributed by atoms with Crippen molar-refractivity contribution in [3.63, 3.8) is 0 Å². The zero-order valence-corrected chi connectivity index (χ0v) is 16.5. The standard InChI is InChI=1S/C17H28N4O3S/c1-12-13(15(22)24-5)14(25-19-12)18-16(23)21-10-8-20(9-11-21)7-6-17(2,3)4/h6-11H2,1-5H3,(H,18,23). The Morgan fingerprint density at radius 1 is 1.24 bits per heavy atom. The number of nitrogens with one attached hydrogen (secondary N) is 1. The van der Waals surface area contributed by atoms with Crippen molar-refractivity contribution >= 4 is 28.5 Å². The molecular weight excluding hydrogens is 340 g/mol. The van der Waals surface area contributed by atoms with Crippen molar-refractivity contribution in [1.82, 2.24) is 14.2 Å². The Balaban J connectivity index is 1.88. The van der Waals surface area contributed by atoms with Gasteiger partial charge in [0.15, 0.2) is 0 Å². The van der Waals surface area contributed by atoms with Crippen molar-refractivity contribution in [3.8, 4) is 0 Å². The van der Waals surface area contributed by atoms with Crippen LogP contribution in [0.1, 0.15) is 43.2 Å². The number of hydrogen-bond donors (Lipinski definition) is 1. The average molecular weight is 369 g/mol. The molecule has 140 valence electrons. The van der Waals surface area contributed by atoms with Crippen molar-refractivity contribution in [2.24, 2.45) is 5.41 Å². The second kappa shape index (κ2) is 8.14. The van der Waals surface area contributed by atoms with Gasteiger partial charge in [-0.2, -0.15) is 4.37 Å². The number of aryl methyl sites for hydroxylation is 1. The zero-order valence-electron chi connectivity index (χ0n) is 15.7. The summed E-state index contributed by atoms with van der Waals surface area (Å²) in [6, 6.07) is -0.190. The number of methoxy groups -OCH3 is 1. The summed E-state index contributed by atoms with van der Waals surface area (Å²) >= 11 is 1.10. The van der Waals surface area contributed by atoms with Crippen LogP contribution in [0.25, 0.3) is 0 Å². The Morgan fingerprint density at radius 3 is 2.44 bits per heavy atom. The quantitative estimate of drug-likeness (QED) is 0.827. The van der Waals surface area contributed by atoms with Crippen LogP contribution in [0.15, 0.2) is 0 Å². The highest BCUT2D eigenvalue weighted by Crippen LogP contribution is 2.26. The summed E-state index contributed by atoms with van der Waals surface area (Å²) in [5.41, 5.74) is 1.23. The number of piperazine rings is 1. The fourth-order valence-electron chi connectivity index (χ4n) is 2.64. The molecule has 0 atom stereocenters. The number of carbonyl (C=O) groups is 2. The SMILES string of the molecule is COC(=O)c1c(C)nsc1NC(=O)N1CCN(CCC(C)(C)C)CC1. The van der Waals surface area contributed by atoms with Gasteiger partial charge in [-0.3, -0.25) is 10.2 Å². The highest BCUT2D eigenvalue weighted by Gasteiger charge is 2.25. The van der Waals surface area contributed by atoms with Gasteiger partial charge in [-0.25, -0.2) is 9.59 Å². The number of urea groups is 1. The molecule has 1 aromatic rings. The van der Waals surface area contributed by atoms with Gasteiger partial charge in [0.05, 0.1) is 12.8 Å². The minimum absolute atomic E-state index is 0.190. The van der Waals surface area contributed by atoms with E-state index in [1.165, 1.54) is 7.11 Å². The minimum atomic E-state index is -0.478. The number of rotatable bonds is 4. The molecule has 0 aliphatic carbocycles. The van der Waals surface area contributed by atoms with Crippen LogP contribution in [-0.4, -0.2) is 66.0 Å². The van der Waals surface area contributed by atoms with Crippen LogP contribution < -0.4 is 5.32 Å². The van der Waals surface area contributed by atoms with Gasteiger partial charge in [-0.1, -0.05) is 20.8 Å². The van der Waals surface area contributed by atoms with E-state index in [0.29, 0.717) is 34.8 Å². The zero-order chi connectivity index (χ0) is 18.6. The summed E-state index contributed by atoms with van der Waals surface area (Å²) in [5, 5.41) is 3.26. The summed E-state index contributed by atoms with van der Waals surface area (Å²) < 4.78 is 8.91. The number of amides is 2. The molecule has 25 heavy (non-hydrogen) atoms. The van der Waals surface area contributed by atoms with Gasteiger partial charge < -0.3 is 9.64 Å². The lowest BCUT2D eigenvalue weighted by Gasteiger charge is -2.35. The molecule has 0 aromatic carbocycles. The van der Waals surface area contributed by atoms with Gasteiger partial charge in [0.2, 0.25) is 0 Å². The molecule has 2 amide bonds. The summed E-state index contributed by atoms with van der Waals surface area (Å²) in [7, 11) is 1.32. The first-order valence-corrected chi connectivity index (χ1v) is 9.31. The second-order valence-corrected chi connectivity index (χ2v) is 8.31. The normalized spacial score (nSPS) is 16.0. The smallest absolute Gasteiger partial charge is 0.342 e. The van der Waals surface area contributed by atoms with Gasteiger partial charge in [0, 0.05) is 26.2 Å². The fourth-order valence-corrected chi connectivity index (χ4v) is 3.42. The molecule has 8 heteroatoms. The molecule has 0 bridgehead atoms. The third-order valence-electron chi connectivity index (χ3n) is 4.31. The van der Waals surface area contributed by atoms with Crippen LogP contribution in [0.5, 0.6) is 0 Å². The third-order valence-corrected chi connectivity index (χ3v) is 5.16. The lowest BCUT2D eigenvalue weighted by molar-refractivity contribution is 0.0601. The number of hydrogen-bond acceptors (Lipinski definition) is 6. The van der Waals surface area contributed by atoms with E-state index < -0.39 is 5.97 Å². The summed E-state index contributed by atoms with van der Waals surface area (Å²) in [6.07, 6.45) is 1.14. The van der Waals surface area contributed by atoms with E-state index in [1.807, 2.05) is 0 Å². The number of ether oxygens (including phenoxy) is 1. The van der Waals surface area contributed by atoms with Crippen LogP contribution in [0, 0.1) is 12.3 Å². The molecule has 0 unspecified atom stereocenters. The Labute approximate surface area is 153 Å². The fraction of sp³-hybridized carbons (Fsp3) is 0.706. The maximum absolute atomic E-state index is 12.5. The molecule has 1 saturated heterocycles. The molecule has 0 spiro atoms. The lowest BCUT2D eigenvalue weighted by atomic mass is 9.92. The number of nitrogens with zero attached hydrogens (tertiary/aromatic N) is 3. The molecule has 0 radical (unpaired) electrons. The first kappa shape index (κ1) is 19.7. The average Bonchev–Trinajstić information content (AvgIpc) is 2.92. The highest BCUT2D eigenvalue weighted by molar-refractivity contribution is 7.11. The van der Waals surface area contributed by atoms with Crippen LogP contribution in [0.2, 0.25) is 0 Å². The number of esters is 1. The molecule has 0 saturated carbocycles. The number of anilines is 1. The van der Waals surface area contributed by atoms with Gasteiger partial charge in [-0.15, -0.1) is 0 Å². The summed E-state index contributed by atoms with van der Waals surface area (Å²) in [5.74, 6) is -0.478. The van der Waals surface area contributed by atoms with Gasteiger partial charge in [-0.05, 0) is 36.8 Å². The van der Waals surface area contributed by atoms with E-state index in [0.717, 1.165) is 37.6 Å². The number of aromatic nitrogens is 1. The summed E-state index contributed by atoms with van der Waals surface area (Å²) in [6.45, 7) is 12.6. The van der Waals surface area contributed by atoms with E-state index in [2.05, 4.69) is 35.4 Å². The predicted molar refractivity (Wildman–Crippen MR) is 99.3 cm³/mol. The van der Waals surface area contributed by atoms with Crippen molar-refractivity contribution in [3.05, 3.63) is 11.3 Å². The van der Waals surface area contributed by atoms with Crippen LogP contribution in [0.4, 0.5) is 9.80 Å². The number of carbonyl (C=O) groups excluding carboxylic acids is 2. The molecule has 2 rings (SSSR count). The molecule has 1 N–H and O–H groups in total. The first-order valence-electron chi connectivity index (χ1n) is 8.54. The van der Waals surface area contributed by atoms with Crippen molar-refractivity contribution < 1.29 is 14.3 Å². The molecule has 1 fully saturated rings. The molecule has 1 aromatic heterocycles. The predicted octanol–water partition coefficient (Wildman–Crippen LogP) is 2.82. The molecular formula is C17H28N4O3S. The van der Waals surface area contributed by atoms with Crippen molar-refractivity contribution in [2.45, 2.75) is 34.1 Å². The minimum Gasteiger partial charge on any atom is -0.465 e. The van der Waals surface area contributed by atoms with E-state index in [1.54, 1.807) is 11.8 Å². The molecule has 1 aliphatic rings. The van der Waals surface area contributed by atoms with Gasteiger partial charge in [0.25, 0.3) is 0 Å². The Morgan fingerprint density at radius 2 is 1.88 bits per heavy atom. The van der Waals surface area contributed by atoms with Crippen molar-refractivity contribution in [1.29, 1.82) is 0 Å². The Hall–Kier alpha value is -1.67. The maximum atomic E-state index is 12.5. The maximum Gasteiger partial charge on any atom is 0.342 e. The molecule has 7 nitrogen and oxygen atoms in total. The van der Waals surface area contributed by atoms with Crippen LogP contribution >= 0.6 is 11.5 Å². The van der Waals surface area contributed by atoms with Crippen LogP contribution in [0.3, 0.4) is 0 Å². The van der Waals surface area contributed by atoms with Crippen molar-refractivity contribution in [2.75, 3.05) is 45.2 Å². The monoisotopic (exact) mass is 368 g/mol. The van der Waals surface area contributed by atoms with Gasteiger partial charge in [0.1, 0.15) is 10.6 Å². The van der Waals surface area contributed by atoms with E-state index in [9.17, 15) is 9.59 Å². The lowest BCUT2D eigenvalue weighted by Crippen LogP contribution is -2.50. The second-order valence-electron chi connectivity index (χ2n) is 7.53. The largest absolute Gasteiger partial charge is 0.465 e. The topological polar surface area (TPSA) is 74.8 Å². The molecule has 2 heterocycles. The highest BCUT2D eigenvalue weighted by atomic mass is 32.1. The summed E-state index contributed by atoms with van der Waals surface area (Å²) in [4.78, 5) is 28.5. The van der Waals surface area contributed by atoms with E-state index in [4.69, 9.17) is 4.74 Å². The van der Waals surface area contributed by atoms with Gasteiger partial charge >= 0.3 is 12.0 Å². The van der Waals surface area contributed by atoms with Crippen LogP contribution in [-0.2, 0) is 4.74 Å². The Bertz CT molecular complexity index is 616. The van der Waals surface area contributed by atoms with E-state index in [-0.39, 0.29) is 6.03 Å². The molecule has 1 aliphatic heterocycles. The third kappa shape index (κ3) is 5.40. The van der Waals surface area contributed by atoms with E-state index >= 15 is 0 Å². The Kier molecular flexibility index (Phi) is 6.40.